The lowest BCUT2D eigenvalue weighted by molar-refractivity contribution is 0.145. The first-order chi connectivity index (χ1) is 19.2. The summed E-state index contributed by atoms with van der Waals surface area (Å²) in [6, 6.07) is 13.0. The molecule has 6 aromatic rings. The molecule has 0 saturated heterocycles. The monoisotopic (exact) mass is 539 g/mol. The van der Waals surface area contributed by atoms with Crippen LogP contribution in [0.5, 0.6) is 0 Å². The van der Waals surface area contributed by atoms with Gasteiger partial charge in [-0.1, -0.05) is 20.8 Å². The molecular formula is C30H27F2N7O. The highest BCUT2D eigenvalue weighted by atomic mass is 19.1. The lowest BCUT2D eigenvalue weighted by Crippen LogP contribution is -2.25. The number of nitrogens with one attached hydrogen (secondary N) is 3. The molecule has 8 nitrogen and oxygen atoms in total. The number of aromatic nitrogens is 6. The smallest absolute Gasteiger partial charge is 0.159 e. The molecular weight excluding hydrogens is 512 g/mol. The fourth-order valence-corrected chi connectivity index (χ4v) is 4.82. The number of aromatic amines is 2. The number of hydrogen-bond acceptors (Lipinski definition) is 6. The predicted molar refractivity (Wildman–Crippen MR) is 151 cm³/mol. The zero-order valence-electron chi connectivity index (χ0n) is 22.1. The molecule has 40 heavy (non-hydrogen) atoms. The number of halogens is 2. The van der Waals surface area contributed by atoms with Crippen molar-refractivity contribution in [3.05, 3.63) is 78.8 Å². The van der Waals surface area contributed by atoms with Crippen molar-refractivity contribution in [3.8, 4) is 33.9 Å². The van der Waals surface area contributed by atoms with Crippen molar-refractivity contribution < 1.29 is 13.9 Å². The fraction of sp³-hybridized carbons (Fsp3) is 0.200. The molecule has 0 aliphatic carbocycles. The topological polar surface area (TPSA) is 115 Å². The number of rotatable bonds is 6. The largest absolute Gasteiger partial charge is 0.374 e. The second-order valence-electron chi connectivity index (χ2n) is 11.0. The SMILES string of the molecule is CC(C)(C)CC(O)Nc1cncc(-c2ccc3[nH]nc(-c4nc5c(-c6ccc(F)cc6)nccc5[nH]4)c3c2F)c1. The highest BCUT2D eigenvalue weighted by molar-refractivity contribution is 5.98. The molecule has 0 amide bonds. The van der Waals surface area contributed by atoms with Gasteiger partial charge in [0.2, 0.25) is 0 Å². The van der Waals surface area contributed by atoms with Gasteiger partial charge in [0.25, 0.3) is 0 Å². The van der Waals surface area contributed by atoms with Gasteiger partial charge in [0.1, 0.15) is 29.1 Å². The Labute approximate surface area is 228 Å². The van der Waals surface area contributed by atoms with Crippen LogP contribution in [0.3, 0.4) is 0 Å². The standard InChI is InChI=1S/C30H27F2N7O/c1-30(2,3)13-23(40)35-19-12-17(14-33-15-19)20-8-9-21-24(25(20)32)28(39-38-21)29-36-22-10-11-34-26(27(22)37-29)16-4-6-18(31)7-5-16/h4-12,14-15,23,35,40H,13H2,1-3H3,(H,36,37)(H,38,39). The van der Waals surface area contributed by atoms with Crippen LogP contribution in [0.25, 0.3) is 55.8 Å². The average Bonchev–Trinajstić information content (AvgIpc) is 3.53. The number of aliphatic hydroxyl groups is 1. The van der Waals surface area contributed by atoms with Gasteiger partial charge in [-0.15, -0.1) is 0 Å². The van der Waals surface area contributed by atoms with E-state index in [2.05, 4.69) is 30.5 Å². The van der Waals surface area contributed by atoms with Gasteiger partial charge in [-0.3, -0.25) is 15.1 Å². The first-order valence-corrected chi connectivity index (χ1v) is 12.8. The van der Waals surface area contributed by atoms with Crippen molar-refractivity contribution in [2.45, 2.75) is 33.4 Å². The minimum Gasteiger partial charge on any atom is -0.374 e. The summed E-state index contributed by atoms with van der Waals surface area (Å²) >= 11 is 0. The Balaban J connectivity index is 1.39. The fourth-order valence-electron chi connectivity index (χ4n) is 4.82. The van der Waals surface area contributed by atoms with E-state index in [0.29, 0.717) is 62.6 Å². The van der Waals surface area contributed by atoms with E-state index < -0.39 is 12.0 Å². The van der Waals surface area contributed by atoms with Crippen molar-refractivity contribution in [2.75, 3.05) is 5.32 Å². The molecule has 202 valence electrons. The van der Waals surface area contributed by atoms with E-state index in [1.54, 1.807) is 55.0 Å². The number of nitrogens with zero attached hydrogens (tertiary/aromatic N) is 4. The number of H-pyrrole nitrogens is 2. The Morgan fingerprint density at radius 2 is 1.75 bits per heavy atom. The molecule has 0 aliphatic heterocycles. The maximum Gasteiger partial charge on any atom is 0.159 e. The molecule has 4 heterocycles. The van der Waals surface area contributed by atoms with Crippen LogP contribution in [-0.4, -0.2) is 41.5 Å². The van der Waals surface area contributed by atoms with Crippen LogP contribution in [0.4, 0.5) is 14.5 Å². The molecule has 2 aromatic carbocycles. The molecule has 0 saturated carbocycles. The Bertz CT molecular complexity index is 1840. The molecule has 4 aromatic heterocycles. The molecule has 0 radical (unpaired) electrons. The van der Waals surface area contributed by atoms with E-state index in [4.69, 9.17) is 4.98 Å². The zero-order chi connectivity index (χ0) is 28.0. The maximum atomic E-state index is 16.1. The molecule has 6 rings (SSSR count). The highest BCUT2D eigenvalue weighted by Crippen LogP contribution is 2.35. The Morgan fingerprint density at radius 1 is 0.950 bits per heavy atom. The van der Waals surface area contributed by atoms with E-state index >= 15 is 4.39 Å². The van der Waals surface area contributed by atoms with Gasteiger partial charge < -0.3 is 15.4 Å². The first-order valence-electron chi connectivity index (χ1n) is 12.8. The summed E-state index contributed by atoms with van der Waals surface area (Å²) < 4.78 is 29.6. The number of fused-ring (bicyclic) bond motifs is 2. The van der Waals surface area contributed by atoms with E-state index in [9.17, 15) is 9.50 Å². The summed E-state index contributed by atoms with van der Waals surface area (Å²) in [6.07, 6.45) is 4.57. The second-order valence-corrected chi connectivity index (χ2v) is 11.0. The van der Waals surface area contributed by atoms with E-state index in [-0.39, 0.29) is 16.6 Å². The predicted octanol–water partition coefficient (Wildman–Crippen LogP) is 6.67. The van der Waals surface area contributed by atoms with Crippen molar-refractivity contribution in [2.24, 2.45) is 5.41 Å². The van der Waals surface area contributed by atoms with Crippen LogP contribution < -0.4 is 5.32 Å². The van der Waals surface area contributed by atoms with Gasteiger partial charge in [0.15, 0.2) is 5.82 Å². The molecule has 0 fully saturated rings. The summed E-state index contributed by atoms with van der Waals surface area (Å²) in [5.74, 6) is -0.453. The zero-order valence-corrected chi connectivity index (χ0v) is 22.1. The Kier molecular flexibility index (Phi) is 6.26. The quantitative estimate of drug-likeness (QED) is 0.176. The van der Waals surface area contributed by atoms with Crippen molar-refractivity contribution in [1.82, 2.24) is 30.1 Å². The van der Waals surface area contributed by atoms with Crippen molar-refractivity contribution >= 4 is 27.6 Å². The number of aliphatic hydroxyl groups excluding tert-OH is 1. The summed E-state index contributed by atoms with van der Waals surface area (Å²) in [6.45, 7) is 6.13. The van der Waals surface area contributed by atoms with Crippen molar-refractivity contribution in [3.63, 3.8) is 0 Å². The lowest BCUT2D eigenvalue weighted by Gasteiger charge is -2.23. The third-order valence-electron chi connectivity index (χ3n) is 6.60. The molecule has 4 N–H and O–H groups in total. The van der Waals surface area contributed by atoms with E-state index in [1.165, 1.54) is 12.1 Å². The van der Waals surface area contributed by atoms with Crippen LogP contribution in [0, 0.1) is 17.0 Å². The van der Waals surface area contributed by atoms with Gasteiger partial charge in [-0.25, -0.2) is 13.8 Å². The van der Waals surface area contributed by atoms with Gasteiger partial charge >= 0.3 is 0 Å². The average molecular weight is 540 g/mol. The van der Waals surface area contributed by atoms with Crippen LogP contribution in [0.2, 0.25) is 0 Å². The molecule has 1 unspecified atom stereocenters. The number of imidazole rings is 1. The Hall–Kier alpha value is -4.70. The summed E-state index contributed by atoms with van der Waals surface area (Å²) in [5, 5.41) is 21.0. The number of benzene rings is 2. The van der Waals surface area contributed by atoms with Gasteiger partial charge in [-0.2, -0.15) is 5.10 Å². The van der Waals surface area contributed by atoms with Crippen molar-refractivity contribution in [1.29, 1.82) is 0 Å². The van der Waals surface area contributed by atoms with Crippen LogP contribution >= 0.6 is 0 Å². The van der Waals surface area contributed by atoms with Crippen LogP contribution in [0.1, 0.15) is 27.2 Å². The third kappa shape index (κ3) is 4.89. The summed E-state index contributed by atoms with van der Waals surface area (Å²) in [5.41, 5.74) is 4.76. The van der Waals surface area contributed by atoms with Crippen LogP contribution in [-0.2, 0) is 0 Å². The molecule has 0 aliphatic rings. The van der Waals surface area contributed by atoms with Gasteiger partial charge in [0.05, 0.1) is 34.0 Å². The number of anilines is 1. The van der Waals surface area contributed by atoms with Gasteiger partial charge in [0, 0.05) is 29.1 Å². The molecule has 1 atom stereocenters. The molecule has 0 spiro atoms. The summed E-state index contributed by atoms with van der Waals surface area (Å²) in [7, 11) is 0. The molecule has 0 bridgehead atoms. The van der Waals surface area contributed by atoms with Crippen LogP contribution in [0.15, 0.2) is 67.1 Å². The van der Waals surface area contributed by atoms with Gasteiger partial charge in [-0.05, 0) is 60.4 Å². The summed E-state index contributed by atoms with van der Waals surface area (Å²) in [4.78, 5) is 16.6. The Morgan fingerprint density at radius 3 is 2.52 bits per heavy atom. The van der Waals surface area contributed by atoms with E-state index in [0.717, 1.165) is 0 Å². The normalized spacial score (nSPS) is 12.8. The first kappa shape index (κ1) is 25.6. The second kappa shape index (κ2) is 9.80. The highest BCUT2D eigenvalue weighted by Gasteiger charge is 2.21. The number of pyridine rings is 2. The minimum absolute atomic E-state index is 0.0707. The third-order valence-corrected chi connectivity index (χ3v) is 6.60. The lowest BCUT2D eigenvalue weighted by atomic mass is 9.91. The minimum atomic E-state index is -0.771. The number of hydrogen-bond donors (Lipinski definition) is 4. The van der Waals surface area contributed by atoms with E-state index in [1.807, 2.05) is 20.8 Å². The molecule has 10 heteroatoms. The maximum absolute atomic E-state index is 16.1.